The Morgan fingerprint density at radius 3 is 2.36 bits per heavy atom. The lowest BCUT2D eigenvalue weighted by Crippen LogP contribution is -2.35. The van der Waals surface area contributed by atoms with E-state index >= 15 is 0 Å². The molecule has 3 aromatic carbocycles. The average molecular weight is 579 g/mol. The number of ether oxygens (including phenoxy) is 2. The monoisotopic (exact) mass is 578 g/mol. The minimum absolute atomic E-state index is 0.173. The fraction of sp³-hybridized carbons (Fsp3) is 0.344. The number of nitrogens with zero attached hydrogens (tertiary/aromatic N) is 3. The van der Waals surface area contributed by atoms with Gasteiger partial charge in [0.2, 0.25) is 5.91 Å². The minimum Gasteiger partial charge on any atom is -0.493 e. The second-order valence-corrected chi connectivity index (χ2v) is 10.5. The Balaban J connectivity index is 1.43. The Labute approximate surface area is 242 Å². The van der Waals surface area contributed by atoms with E-state index in [0.29, 0.717) is 51.9 Å². The van der Waals surface area contributed by atoms with E-state index in [0.717, 1.165) is 55.6 Å². The van der Waals surface area contributed by atoms with Crippen molar-refractivity contribution in [3.8, 4) is 33.9 Å². The molecule has 2 N–H and O–H groups in total. The maximum Gasteiger partial charge on any atom is 0.416 e. The molecule has 42 heavy (non-hydrogen) atoms. The number of hydrogen-bond donors (Lipinski definition) is 1. The molecule has 1 saturated heterocycles. The predicted octanol–water partition coefficient (Wildman–Crippen LogP) is 6.13. The summed E-state index contributed by atoms with van der Waals surface area (Å²) in [7, 11) is 1.59. The van der Waals surface area contributed by atoms with Crippen LogP contribution in [0.4, 0.5) is 13.2 Å². The highest BCUT2D eigenvalue weighted by atomic mass is 19.4. The lowest BCUT2D eigenvalue weighted by atomic mass is 9.94. The van der Waals surface area contributed by atoms with Crippen molar-refractivity contribution in [3.05, 3.63) is 72.1 Å². The molecule has 2 heterocycles. The van der Waals surface area contributed by atoms with Crippen molar-refractivity contribution < 1.29 is 27.4 Å². The van der Waals surface area contributed by atoms with Gasteiger partial charge in [0.15, 0.2) is 11.5 Å². The third-order valence-electron chi connectivity index (χ3n) is 7.82. The zero-order chi connectivity index (χ0) is 29.9. The first kappa shape index (κ1) is 29.3. The zero-order valence-electron chi connectivity index (χ0n) is 23.6. The summed E-state index contributed by atoms with van der Waals surface area (Å²) in [4.78, 5) is 23.0. The maximum atomic E-state index is 13.4. The molecular weight excluding hydrogens is 545 g/mol. The average Bonchev–Trinajstić information content (AvgIpc) is 2.99. The van der Waals surface area contributed by atoms with Gasteiger partial charge in [0.25, 0.3) is 0 Å². The van der Waals surface area contributed by atoms with Crippen LogP contribution in [0.5, 0.6) is 11.5 Å². The van der Waals surface area contributed by atoms with E-state index < -0.39 is 17.6 Å². The number of methoxy groups -OCH3 is 1. The molecule has 10 heteroatoms. The summed E-state index contributed by atoms with van der Waals surface area (Å²) in [6.07, 6.45) is -1.03. The first-order valence-electron chi connectivity index (χ1n) is 13.9. The SMILES string of the molecule is CCN1CCC(COc2cc3ncnc(-c4ccc(-c5cc(C(F)(F)F)ccc5CC(N)=O)cc4)c3cc2OC)CC1. The Morgan fingerprint density at radius 2 is 1.71 bits per heavy atom. The molecule has 1 aliphatic rings. The molecule has 1 amide bonds. The van der Waals surface area contributed by atoms with Crippen molar-refractivity contribution in [2.75, 3.05) is 33.4 Å². The second-order valence-electron chi connectivity index (χ2n) is 10.5. The number of fused-ring (bicyclic) bond motifs is 1. The van der Waals surface area contributed by atoms with E-state index in [1.54, 1.807) is 31.4 Å². The van der Waals surface area contributed by atoms with Gasteiger partial charge in [0.05, 0.1) is 36.9 Å². The first-order valence-corrected chi connectivity index (χ1v) is 13.9. The molecule has 7 nitrogen and oxygen atoms in total. The number of piperidine rings is 1. The van der Waals surface area contributed by atoms with Crippen LogP contribution in [0.1, 0.15) is 30.9 Å². The van der Waals surface area contributed by atoms with Gasteiger partial charge < -0.3 is 20.1 Å². The van der Waals surface area contributed by atoms with Gasteiger partial charge in [0, 0.05) is 17.0 Å². The van der Waals surface area contributed by atoms with E-state index in [4.69, 9.17) is 15.2 Å². The van der Waals surface area contributed by atoms with Crippen LogP contribution in [0.25, 0.3) is 33.3 Å². The van der Waals surface area contributed by atoms with E-state index in [1.165, 1.54) is 12.4 Å². The molecule has 0 unspecified atom stereocenters. The largest absolute Gasteiger partial charge is 0.493 e. The molecule has 0 aliphatic carbocycles. The minimum atomic E-state index is -4.52. The van der Waals surface area contributed by atoms with Crippen molar-refractivity contribution in [1.82, 2.24) is 14.9 Å². The first-order chi connectivity index (χ1) is 20.2. The zero-order valence-corrected chi connectivity index (χ0v) is 23.6. The van der Waals surface area contributed by atoms with Gasteiger partial charge >= 0.3 is 6.18 Å². The van der Waals surface area contributed by atoms with Gasteiger partial charge in [-0.15, -0.1) is 0 Å². The summed E-state index contributed by atoms with van der Waals surface area (Å²) >= 11 is 0. The summed E-state index contributed by atoms with van der Waals surface area (Å²) in [6, 6.07) is 14.0. The number of carbonyl (C=O) groups is 1. The van der Waals surface area contributed by atoms with Gasteiger partial charge in [-0.3, -0.25) is 4.79 Å². The van der Waals surface area contributed by atoms with Crippen LogP contribution in [-0.2, 0) is 17.4 Å². The molecule has 0 bridgehead atoms. The fourth-order valence-corrected chi connectivity index (χ4v) is 5.41. The standard InChI is InChI=1S/C32H33F3N4O3/c1-3-39-12-10-20(11-13-39)18-42-29-17-27-26(16-28(29)41-2)31(38-19-37-27)22-6-4-21(5-7-22)25-15-24(32(33,34)35)9-8-23(25)14-30(36)40/h4-9,15-17,19-20H,3,10-14,18H2,1-2H3,(H2,36,40). The van der Waals surface area contributed by atoms with Crippen LogP contribution in [0.3, 0.4) is 0 Å². The molecule has 4 aromatic rings. The highest BCUT2D eigenvalue weighted by Gasteiger charge is 2.31. The number of aromatic nitrogens is 2. The maximum absolute atomic E-state index is 13.4. The van der Waals surface area contributed by atoms with Gasteiger partial charge in [-0.05, 0) is 73.3 Å². The van der Waals surface area contributed by atoms with Crippen LogP contribution in [0.15, 0.2) is 60.9 Å². The van der Waals surface area contributed by atoms with E-state index in [1.807, 2.05) is 12.1 Å². The summed E-state index contributed by atoms with van der Waals surface area (Å²) < 4.78 is 52.2. The lowest BCUT2D eigenvalue weighted by molar-refractivity contribution is -0.137. The molecule has 0 saturated carbocycles. The van der Waals surface area contributed by atoms with Gasteiger partial charge in [-0.1, -0.05) is 37.3 Å². The normalized spacial score (nSPS) is 14.7. The highest BCUT2D eigenvalue weighted by Crippen LogP contribution is 2.38. The molecule has 0 radical (unpaired) electrons. The molecule has 5 rings (SSSR count). The van der Waals surface area contributed by atoms with E-state index in [9.17, 15) is 18.0 Å². The Morgan fingerprint density at radius 1 is 1.00 bits per heavy atom. The third-order valence-corrected chi connectivity index (χ3v) is 7.82. The van der Waals surface area contributed by atoms with E-state index in [-0.39, 0.29) is 6.42 Å². The molecule has 0 atom stereocenters. The van der Waals surface area contributed by atoms with E-state index in [2.05, 4.69) is 21.8 Å². The van der Waals surface area contributed by atoms with Crippen molar-refractivity contribution in [2.24, 2.45) is 11.7 Å². The van der Waals surface area contributed by atoms with Gasteiger partial charge in [-0.2, -0.15) is 13.2 Å². The lowest BCUT2D eigenvalue weighted by Gasteiger charge is -2.30. The quantitative estimate of drug-likeness (QED) is 0.257. The number of hydrogen-bond acceptors (Lipinski definition) is 6. The second kappa shape index (κ2) is 12.4. The Hall–Kier alpha value is -4.18. The summed E-state index contributed by atoms with van der Waals surface area (Å²) in [5.74, 6) is 1.04. The number of likely N-dealkylation sites (tertiary alicyclic amines) is 1. The molecule has 1 aliphatic heterocycles. The Bertz CT molecular complexity index is 1570. The number of primary amides is 1. The van der Waals surface area contributed by atoms with Crippen molar-refractivity contribution in [1.29, 1.82) is 0 Å². The third kappa shape index (κ3) is 6.49. The summed E-state index contributed by atoms with van der Waals surface area (Å²) in [5.41, 5.74) is 7.87. The van der Waals surface area contributed by atoms with Crippen molar-refractivity contribution in [2.45, 2.75) is 32.4 Å². The molecule has 220 valence electrons. The van der Waals surface area contributed by atoms with Crippen LogP contribution in [0, 0.1) is 5.92 Å². The van der Waals surface area contributed by atoms with Crippen LogP contribution in [0.2, 0.25) is 0 Å². The van der Waals surface area contributed by atoms with Crippen molar-refractivity contribution >= 4 is 16.8 Å². The van der Waals surface area contributed by atoms with Gasteiger partial charge in [0.1, 0.15) is 6.33 Å². The van der Waals surface area contributed by atoms with Crippen LogP contribution in [-0.4, -0.2) is 54.1 Å². The summed E-state index contributed by atoms with van der Waals surface area (Å²) in [6.45, 7) is 6.01. The molecule has 1 aromatic heterocycles. The predicted molar refractivity (Wildman–Crippen MR) is 155 cm³/mol. The molecular formula is C32H33F3N4O3. The Kier molecular flexibility index (Phi) is 8.63. The number of halogens is 3. The number of alkyl halides is 3. The highest BCUT2D eigenvalue weighted by molar-refractivity contribution is 5.94. The van der Waals surface area contributed by atoms with Gasteiger partial charge in [-0.25, -0.2) is 9.97 Å². The number of benzene rings is 3. The molecule has 1 fully saturated rings. The van der Waals surface area contributed by atoms with Crippen LogP contribution < -0.4 is 15.2 Å². The number of rotatable bonds is 9. The topological polar surface area (TPSA) is 90.6 Å². The number of amides is 1. The van der Waals surface area contributed by atoms with Crippen LogP contribution >= 0.6 is 0 Å². The fourth-order valence-electron chi connectivity index (χ4n) is 5.41. The smallest absolute Gasteiger partial charge is 0.416 e. The van der Waals surface area contributed by atoms with Crippen molar-refractivity contribution in [3.63, 3.8) is 0 Å². The number of carbonyl (C=O) groups excluding carboxylic acids is 1. The number of nitrogens with two attached hydrogens (primary N) is 1. The summed E-state index contributed by atoms with van der Waals surface area (Å²) in [5, 5.41) is 0.749. The molecule has 0 spiro atoms.